The van der Waals surface area contributed by atoms with Gasteiger partial charge in [0, 0.05) is 0 Å². The molecule has 1 aliphatic carbocycles. The summed E-state index contributed by atoms with van der Waals surface area (Å²) in [6.45, 7) is 27.2. The van der Waals surface area contributed by atoms with Crippen LogP contribution >= 0.6 is 0 Å². The molecule has 4 heteroatoms. The fourth-order valence-electron chi connectivity index (χ4n) is 2.39. The first-order valence-corrected chi connectivity index (χ1v) is 10.5. The summed E-state index contributed by atoms with van der Waals surface area (Å²) in [5.41, 5.74) is 2.49. The molecule has 1 saturated carbocycles. The summed E-state index contributed by atoms with van der Waals surface area (Å²) < 4.78 is 15.0. The molecule has 0 aromatic carbocycles. The van der Waals surface area contributed by atoms with E-state index in [9.17, 15) is 0 Å². The Morgan fingerprint density at radius 1 is 0.667 bits per heavy atom. The summed E-state index contributed by atoms with van der Waals surface area (Å²) in [6, 6.07) is 0. The minimum absolute atomic E-state index is 0. The summed E-state index contributed by atoms with van der Waals surface area (Å²) in [5.74, 6) is 4.68. The van der Waals surface area contributed by atoms with Crippen LogP contribution in [0.15, 0.2) is 0 Å². The first-order chi connectivity index (χ1) is 9.11. The Labute approximate surface area is 143 Å². The van der Waals surface area contributed by atoms with Crippen LogP contribution in [-0.2, 0) is 26.4 Å². The van der Waals surface area contributed by atoms with Crippen LogP contribution in [-0.4, -0.2) is 8.07 Å². The maximum absolute atomic E-state index is 7.50. The topological polar surface area (TPSA) is 39.8 Å². The van der Waals surface area contributed by atoms with Gasteiger partial charge in [-0.15, -0.1) is 0 Å². The van der Waals surface area contributed by atoms with Crippen LogP contribution < -0.4 is 0 Å². The minimum Gasteiger partial charge on any atom is 3.00 e. The van der Waals surface area contributed by atoms with E-state index in [1.807, 2.05) is 0 Å². The molecule has 0 aromatic heterocycles. The van der Waals surface area contributed by atoms with Crippen molar-refractivity contribution in [1.82, 2.24) is 0 Å². The van der Waals surface area contributed by atoms with Crippen LogP contribution in [0.5, 0.6) is 0 Å². The van der Waals surface area contributed by atoms with E-state index < -0.39 is 8.07 Å². The van der Waals surface area contributed by atoms with Crippen molar-refractivity contribution < 1.29 is 26.4 Å². The molecule has 1 radical (unpaired) electrons. The quantitative estimate of drug-likeness (QED) is 0.266. The van der Waals surface area contributed by atoms with Gasteiger partial charge in [-0.25, -0.2) is 0 Å². The van der Waals surface area contributed by atoms with Gasteiger partial charge in [-0.3, -0.25) is 0 Å². The molecule has 0 amide bonds. The second-order valence-corrected chi connectivity index (χ2v) is 11.4. The van der Waals surface area contributed by atoms with Gasteiger partial charge < -0.3 is 12.0 Å². The van der Waals surface area contributed by atoms with Crippen molar-refractivity contribution in [2.24, 2.45) is 29.6 Å². The molecule has 0 spiro atoms. The predicted molar refractivity (Wildman–Crippen MR) is 84.2 cm³/mol. The molecule has 0 heterocycles. The Bertz CT molecular complexity index is 274. The van der Waals surface area contributed by atoms with Gasteiger partial charge in [0.05, 0.1) is 8.07 Å². The van der Waals surface area contributed by atoms with Crippen molar-refractivity contribution in [3.8, 4) is 5.54 Å². The van der Waals surface area contributed by atoms with Crippen molar-refractivity contribution >= 4 is 8.07 Å². The van der Waals surface area contributed by atoms with E-state index in [-0.39, 0.29) is 17.1 Å². The first-order valence-electron chi connectivity index (χ1n) is 6.96. The largest absolute Gasteiger partial charge is 3.00 e. The third kappa shape index (κ3) is 12.0. The third-order valence-corrected chi connectivity index (χ3v) is 5.27. The summed E-state index contributed by atoms with van der Waals surface area (Å²) >= 11 is 0. The Kier molecular flexibility index (Phi) is 20.2. The van der Waals surface area contributed by atoms with E-state index in [4.69, 9.17) is 15.7 Å². The zero-order valence-electron chi connectivity index (χ0n) is 14.6. The Hall–Kier alpha value is -0.224. The van der Waals surface area contributed by atoms with Gasteiger partial charge in [-0.2, -0.15) is 0 Å². The Morgan fingerprint density at radius 3 is 0.810 bits per heavy atom. The van der Waals surface area contributed by atoms with E-state index in [1.54, 1.807) is 0 Å². The SMILES string of the molecule is CC1C(C)C(C)C(C)C1C.[C-]#C[Si](C)(C)C.[C-]#[O+].[C-]#[O+].[Fe+3]. The maximum atomic E-state index is 7.50. The third-order valence-electron chi connectivity index (χ3n) is 4.52. The summed E-state index contributed by atoms with van der Waals surface area (Å²) in [5, 5.41) is 0. The van der Waals surface area contributed by atoms with E-state index in [2.05, 4.69) is 73.1 Å². The standard InChI is InChI=1S/C10H20.C5H9Si.2CO.Fe/c1-6-7(2)9(4)10(5)8(6)3;1-5-6(2,3)4;2*1-2;/h6-10H,1-5H3;2-4H3;;;/q;-1;;;+3. The minimum atomic E-state index is -1.21. The van der Waals surface area contributed by atoms with Crippen LogP contribution in [0.4, 0.5) is 0 Å². The second-order valence-electron chi connectivity index (χ2n) is 6.67. The molecule has 0 aliphatic heterocycles. The van der Waals surface area contributed by atoms with Crippen molar-refractivity contribution in [1.29, 1.82) is 0 Å². The Balaban J connectivity index is -0.000000115. The molecule has 2 nitrogen and oxygen atoms in total. The zero-order valence-corrected chi connectivity index (χ0v) is 16.7. The van der Waals surface area contributed by atoms with Gasteiger partial charge in [0.15, 0.2) is 0 Å². The molecular formula is C17H29FeO2Si+2. The second kappa shape index (κ2) is 14.7. The molecule has 0 atom stereocenters. The number of hydrogen-bond acceptors (Lipinski definition) is 0. The molecule has 0 aromatic rings. The van der Waals surface area contributed by atoms with Crippen molar-refractivity contribution in [3.05, 3.63) is 19.7 Å². The molecule has 0 saturated heterocycles. The average Bonchev–Trinajstić information content (AvgIpc) is 2.61. The monoisotopic (exact) mass is 349 g/mol. The van der Waals surface area contributed by atoms with Crippen LogP contribution in [0.2, 0.25) is 19.6 Å². The molecule has 1 fully saturated rings. The van der Waals surface area contributed by atoms with Gasteiger partial charge in [0.25, 0.3) is 0 Å². The van der Waals surface area contributed by atoms with E-state index in [1.165, 1.54) is 0 Å². The van der Waals surface area contributed by atoms with Gasteiger partial charge in [-0.1, -0.05) is 54.3 Å². The maximum Gasteiger partial charge on any atom is 3.00 e. The van der Waals surface area contributed by atoms with Crippen LogP contribution in [0.3, 0.4) is 0 Å². The molecule has 119 valence electrons. The summed E-state index contributed by atoms with van der Waals surface area (Å²) in [7, 11) is -1.21. The van der Waals surface area contributed by atoms with Gasteiger partial charge in [0.2, 0.25) is 0 Å². The normalized spacial score (nSPS) is 29.6. The molecular weight excluding hydrogens is 320 g/mol. The fraction of sp³-hybridized carbons (Fsp3) is 0.765. The van der Waals surface area contributed by atoms with Gasteiger partial charge >= 0.3 is 39.7 Å². The average molecular weight is 349 g/mol. The Morgan fingerprint density at radius 2 is 0.762 bits per heavy atom. The molecule has 0 unspecified atom stereocenters. The van der Waals surface area contributed by atoms with Crippen LogP contribution in [0, 0.1) is 54.9 Å². The zero-order chi connectivity index (χ0) is 17.1. The molecule has 1 aliphatic rings. The number of hydrogen-bond donors (Lipinski definition) is 0. The van der Waals surface area contributed by atoms with Crippen LogP contribution in [0.25, 0.3) is 0 Å². The van der Waals surface area contributed by atoms with Gasteiger partial charge in [-0.05, 0) is 29.6 Å². The summed E-state index contributed by atoms with van der Waals surface area (Å²) in [4.78, 5) is 0. The van der Waals surface area contributed by atoms with E-state index >= 15 is 0 Å². The molecule has 1 rings (SSSR count). The predicted octanol–water partition coefficient (Wildman–Crippen LogP) is 4.56. The smallest absolute Gasteiger partial charge is 3.00 e. The molecule has 21 heavy (non-hydrogen) atoms. The fourth-order valence-corrected chi connectivity index (χ4v) is 2.39. The van der Waals surface area contributed by atoms with Crippen molar-refractivity contribution in [2.75, 3.05) is 0 Å². The van der Waals surface area contributed by atoms with Crippen LogP contribution in [0.1, 0.15) is 34.6 Å². The van der Waals surface area contributed by atoms with E-state index in [0.717, 1.165) is 29.6 Å². The summed E-state index contributed by atoms with van der Waals surface area (Å²) in [6.07, 6.45) is 6.67. The van der Waals surface area contributed by atoms with E-state index in [0.29, 0.717) is 0 Å². The number of rotatable bonds is 0. The first kappa shape index (κ1) is 28.9. The van der Waals surface area contributed by atoms with Gasteiger partial charge in [0.1, 0.15) is 0 Å². The molecule has 0 bridgehead atoms. The van der Waals surface area contributed by atoms with Crippen molar-refractivity contribution in [2.45, 2.75) is 54.3 Å². The van der Waals surface area contributed by atoms with Crippen molar-refractivity contribution in [3.63, 3.8) is 0 Å². The molecule has 0 N–H and O–H groups in total.